The summed E-state index contributed by atoms with van der Waals surface area (Å²) < 4.78 is 23.0. The highest BCUT2D eigenvalue weighted by atomic mass is 32.2. The summed E-state index contributed by atoms with van der Waals surface area (Å²) in [6, 6.07) is -0.740. The first-order valence-electron chi connectivity index (χ1n) is 4.58. The number of sulfonamides is 1. The third kappa shape index (κ3) is 2.72. The highest BCUT2D eigenvalue weighted by molar-refractivity contribution is 7.88. The largest absolute Gasteiger partial charge is 0.340 e. The van der Waals surface area contributed by atoms with Crippen molar-refractivity contribution >= 4 is 22.0 Å². The zero-order valence-corrected chi connectivity index (χ0v) is 9.74. The molecule has 0 radical (unpaired) electrons. The minimum Gasteiger partial charge on any atom is -0.274 e. The molecule has 1 heterocycles. The number of amides is 3. The maximum absolute atomic E-state index is 11.5. The van der Waals surface area contributed by atoms with E-state index in [-0.39, 0.29) is 32.3 Å². The Balaban J connectivity index is 0.00000225. The van der Waals surface area contributed by atoms with E-state index in [2.05, 4.69) is 0 Å². The monoisotopic (exact) mass is 250 g/mol. The second kappa shape index (κ2) is 4.82. The van der Waals surface area contributed by atoms with E-state index in [4.69, 9.17) is 0 Å². The predicted octanol–water partition coefficient (Wildman–Crippen LogP) is 0.502. The minimum atomic E-state index is -3.55. The van der Waals surface area contributed by atoms with Crippen LogP contribution >= 0.6 is 0 Å². The molecule has 94 valence electrons. The summed E-state index contributed by atoms with van der Waals surface area (Å²) in [5.41, 5.74) is 0. The average Bonchev–Trinajstić information content (AvgIpc) is 2.44. The minimum absolute atomic E-state index is 0. The van der Waals surface area contributed by atoms with E-state index in [1.165, 1.54) is 0 Å². The van der Waals surface area contributed by atoms with Crippen molar-refractivity contribution < 1.29 is 18.0 Å². The van der Waals surface area contributed by atoms with E-state index in [1.807, 2.05) is 0 Å². The van der Waals surface area contributed by atoms with Crippen LogP contribution in [-0.2, 0) is 14.8 Å². The fraction of sp³-hybridized carbons (Fsp3) is 0.778. The van der Waals surface area contributed by atoms with Crippen molar-refractivity contribution in [2.24, 2.45) is 5.92 Å². The van der Waals surface area contributed by atoms with Gasteiger partial charge in [0.25, 0.3) is 0 Å². The predicted molar refractivity (Wildman–Crippen MR) is 60.2 cm³/mol. The lowest BCUT2D eigenvalue weighted by atomic mass is 10.2. The van der Waals surface area contributed by atoms with Crippen LogP contribution in [0.3, 0.4) is 0 Å². The lowest BCUT2D eigenvalue weighted by Crippen LogP contribution is -2.40. The summed E-state index contributed by atoms with van der Waals surface area (Å²) in [5.74, 6) is -0.653. The lowest BCUT2D eigenvalue weighted by molar-refractivity contribution is -0.130. The Morgan fingerprint density at radius 3 is 2.12 bits per heavy atom. The molecule has 3 amide bonds. The summed E-state index contributed by atoms with van der Waals surface area (Å²) in [6.45, 7) is 3.52. The lowest BCUT2D eigenvalue weighted by Gasteiger charge is -2.17. The molecule has 0 unspecified atom stereocenters. The molecule has 7 heteroatoms. The van der Waals surface area contributed by atoms with Gasteiger partial charge in [0, 0.05) is 12.5 Å². The summed E-state index contributed by atoms with van der Waals surface area (Å²) in [7, 11) is -3.55. The van der Waals surface area contributed by atoms with E-state index in [1.54, 1.807) is 13.8 Å². The van der Waals surface area contributed by atoms with Crippen LogP contribution in [0.2, 0.25) is 0 Å². The Morgan fingerprint density at radius 2 is 1.81 bits per heavy atom. The number of rotatable bonds is 2. The van der Waals surface area contributed by atoms with Crippen molar-refractivity contribution in [3.05, 3.63) is 0 Å². The number of hydrogen-bond acceptors (Lipinski definition) is 4. The van der Waals surface area contributed by atoms with Crippen LogP contribution < -0.4 is 0 Å². The first-order valence-corrected chi connectivity index (χ1v) is 6.43. The van der Waals surface area contributed by atoms with Gasteiger partial charge < -0.3 is 0 Å². The number of nitrogens with zero attached hydrogens (tertiary/aromatic N) is 2. The fourth-order valence-corrected chi connectivity index (χ4v) is 2.14. The second-order valence-electron chi connectivity index (χ2n) is 3.76. The van der Waals surface area contributed by atoms with Crippen LogP contribution in [0.25, 0.3) is 0 Å². The van der Waals surface area contributed by atoms with Gasteiger partial charge in [0.1, 0.15) is 0 Å². The Morgan fingerprint density at radius 1 is 1.31 bits per heavy atom. The number of carbonyl (C=O) groups excluding carboxylic acids is 2. The summed E-state index contributed by atoms with van der Waals surface area (Å²) in [4.78, 5) is 24.0. The van der Waals surface area contributed by atoms with Gasteiger partial charge in [0.2, 0.25) is 15.9 Å². The van der Waals surface area contributed by atoms with Crippen molar-refractivity contribution in [3.63, 3.8) is 0 Å². The topological polar surface area (TPSA) is 74.8 Å². The number of hydrogen-bond donors (Lipinski definition) is 0. The number of urea groups is 1. The van der Waals surface area contributed by atoms with Crippen LogP contribution in [-0.4, -0.2) is 48.9 Å². The molecule has 0 bridgehead atoms. The van der Waals surface area contributed by atoms with Crippen molar-refractivity contribution in [2.75, 3.05) is 19.3 Å². The SMILES string of the molecule is C.CC(C)C(=O)N1CCN(S(C)(=O)=O)C1=O. The molecule has 0 aromatic carbocycles. The maximum Gasteiger partial charge on any atom is 0.340 e. The third-order valence-corrected chi connectivity index (χ3v) is 3.27. The Kier molecular flexibility index (Phi) is 4.48. The molecule has 0 aliphatic carbocycles. The molecule has 0 atom stereocenters. The Hall–Kier alpha value is -1.11. The van der Waals surface area contributed by atoms with Gasteiger partial charge in [-0.1, -0.05) is 21.3 Å². The van der Waals surface area contributed by atoms with Gasteiger partial charge in [-0.15, -0.1) is 0 Å². The standard InChI is InChI=1S/C8H14N2O4S.CH4/c1-6(2)7(11)9-4-5-10(8(9)12)15(3,13)14;/h6H,4-5H2,1-3H3;1H4. The molecule has 0 aromatic rings. The second-order valence-corrected chi connectivity index (χ2v) is 5.67. The van der Waals surface area contributed by atoms with E-state index >= 15 is 0 Å². The summed E-state index contributed by atoms with van der Waals surface area (Å²) >= 11 is 0. The number of imide groups is 1. The molecule has 0 aromatic heterocycles. The normalized spacial score (nSPS) is 16.6. The van der Waals surface area contributed by atoms with Crippen molar-refractivity contribution in [2.45, 2.75) is 21.3 Å². The van der Waals surface area contributed by atoms with Crippen LogP contribution in [0.4, 0.5) is 4.79 Å². The van der Waals surface area contributed by atoms with Crippen LogP contribution in [0.5, 0.6) is 0 Å². The zero-order valence-electron chi connectivity index (χ0n) is 8.93. The molecule has 0 spiro atoms. The van der Waals surface area contributed by atoms with Gasteiger partial charge >= 0.3 is 6.03 Å². The zero-order chi connectivity index (χ0) is 11.8. The van der Waals surface area contributed by atoms with Crippen LogP contribution in [0.1, 0.15) is 21.3 Å². The first kappa shape index (κ1) is 14.9. The molecular formula is C9H18N2O4S. The van der Waals surface area contributed by atoms with Gasteiger partial charge in [-0.2, -0.15) is 0 Å². The highest BCUT2D eigenvalue weighted by Gasteiger charge is 2.38. The third-order valence-electron chi connectivity index (χ3n) is 2.13. The first-order chi connectivity index (χ1) is 6.75. The number of carbonyl (C=O) groups is 2. The Labute approximate surface area is 96.3 Å². The highest BCUT2D eigenvalue weighted by Crippen LogP contribution is 2.15. The van der Waals surface area contributed by atoms with Gasteiger partial charge in [0.05, 0.1) is 12.8 Å². The van der Waals surface area contributed by atoms with Gasteiger partial charge in [-0.05, 0) is 0 Å². The van der Waals surface area contributed by atoms with Crippen molar-refractivity contribution in [3.8, 4) is 0 Å². The van der Waals surface area contributed by atoms with E-state index in [0.29, 0.717) is 4.31 Å². The molecule has 6 nitrogen and oxygen atoms in total. The summed E-state index contributed by atoms with van der Waals surface area (Å²) in [5, 5.41) is 0. The molecule has 1 saturated heterocycles. The summed E-state index contributed by atoms with van der Waals surface area (Å²) in [6.07, 6.45) is 0.953. The average molecular weight is 250 g/mol. The van der Waals surface area contributed by atoms with Gasteiger partial charge in [0.15, 0.2) is 0 Å². The molecule has 1 aliphatic rings. The quantitative estimate of drug-likeness (QED) is 0.715. The molecular weight excluding hydrogens is 232 g/mol. The van der Waals surface area contributed by atoms with Gasteiger partial charge in [-0.25, -0.2) is 17.5 Å². The molecule has 1 fully saturated rings. The molecule has 1 rings (SSSR count). The molecule has 16 heavy (non-hydrogen) atoms. The van der Waals surface area contributed by atoms with Crippen LogP contribution in [0, 0.1) is 5.92 Å². The van der Waals surface area contributed by atoms with Crippen LogP contribution in [0.15, 0.2) is 0 Å². The van der Waals surface area contributed by atoms with E-state index in [9.17, 15) is 18.0 Å². The molecule has 0 N–H and O–H groups in total. The Bertz CT molecular complexity index is 388. The van der Waals surface area contributed by atoms with E-state index < -0.39 is 16.1 Å². The van der Waals surface area contributed by atoms with Crippen molar-refractivity contribution in [1.29, 1.82) is 0 Å². The van der Waals surface area contributed by atoms with Gasteiger partial charge in [-0.3, -0.25) is 9.69 Å². The maximum atomic E-state index is 11.5. The smallest absolute Gasteiger partial charge is 0.274 e. The molecule has 1 aliphatic heterocycles. The molecule has 0 saturated carbocycles. The van der Waals surface area contributed by atoms with Crippen molar-refractivity contribution in [1.82, 2.24) is 9.21 Å². The fourth-order valence-electron chi connectivity index (χ4n) is 1.34. The van der Waals surface area contributed by atoms with E-state index in [0.717, 1.165) is 11.2 Å².